The fraction of sp³-hybridized carbons (Fsp3) is 0. The molecular formula is H8BaF2O4. The Morgan fingerprint density at radius 3 is 0.429 bits per heavy atom. The first-order valence-electron chi connectivity index (χ1n) is 0. The van der Waals surface area contributed by atoms with Crippen LogP contribution in [0.5, 0.6) is 0 Å². The van der Waals surface area contributed by atoms with Crippen molar-refractivity contribution in [2.75, 3.05) is 0 Å². The van der Waals surface area contributed by atoms with Crippen molar-refractivity contribution in [3.05, 3.63) is 0 Å². The van der Waals surface area contributed by atoms with Gasteiger partial charge in [0.1, 0.15) is 0 Å². The van der Waals surface area contributed by atoms with Gasteiger partial charge in [-0.05, 0) is 0 Å². The van der Waals surface area contributed by atoms with E-state index in [1.54, 1.807) is 0 Å². The van der Waals surface area contributed by atoms with Crippen LogP contribution in [0.25, 0.3) is 0 Å². The largest absolute Gasteiger partial charge is 2.00 e. The van der Waals surface area contributed by atoms with Crippen LogP contribution in [0.4, 0.5) is 0 Å². The normalized spacial score (nSPS) is 0. The zero-order chi connectivity index (χ0) is 0. The molecule has 0 heterocycles. The summed E-state index contributed by atoms with van der Waals surface area (Å²) in [6.07, 6.45) is 0. The summed E-state index contributed by atoms with van der Waals surface area (Å²) in [6.45, 7) is 0. The Balaban J connectivity index is 0. The molecule has 0 radical (unpaired) electrons. The molecule has 0 saturated heterocycles. The van der Waals surface area contributed by atoms with Crippen LogP contribution in [0, 0.1) is 0 Å². The minimum atomic E-state index is 0. The molecule has 7 heteroatoms. The van der Waals surface area contributed by atoms with E-state index in [0.717, 1.165) is 0 Å². The van der Waals surface area contributed by atoms with Gasteiger partial charge in [0, 0.05) is 0 Å². The summed E-state index contributed by atoms with van der Waals surface area (Å²) in [5.41, 5.74) is 0. The van der Waals surface area contributed by atoms with E-state index >= 15 is 0 Å². The molecule has 48 valence electrons. The Morgan fingerprint density at radius 1 is 0.429 bits per heavy atom. The van der Waals surface area contributed by atoms with Gasteiger partial charge in [-0.3, -0.25) is 0 Å². The molecule has 0 aromatic carbocycles. The van der Waals surface area contributed by atoms with Crippen molar-refractivity contribution in [1.82, 2.24) is 0 Å². The summed E-state index contributed by atoms with van der Waals surface area (Å²) >= 11 is 0. The predicted molar refractivity (Wildman–Crippen MR) is 20.2 cm³/mol. The number of rotatable bonds is 0. The van der Waals surface area contributed by atoms with Gasteiger partial charge >= 0.3 is 48.9 Å². The standard InChI is InChI=1S/Ba.2FH.4H2O/h;2*1H;4*1H2/q+2;;;;;;/p-2. The van der Waals surface area contributed by atoms with Gasteiger partial charge in [0.05, 0.1) is 0 Å². The third kappa shape index (κ3) is 125. The Morgan fingerprint density at radius 2 is 0.429 bits per heavy atom. The van der Waals surface area contributed by atoms with Gasteiger partial charge in [-0.25, -0.2) is 0 Å². The minimum Gasteiger partial charge on any atom is -1.00 e. The predicted octanol–water partition coefficient (Wildman–Crippen LogP) is -9.67. The van der Waals surface area contributed by atoms with Gasteiger partial charge in [0.2, 0.25) is 0 Å². The van der Waals surface area contributed by atoms with E-state index in [2.05, 4.69) is 0 Å². The van der Waals surface area contributed by atoms with Crippen molar-refractivity contribution in [3.8, 4) is 0 Å². The fourth-order valence-corrected chi connectivity index (χ4v) is 0. The van der Waals surface area contributed by atoms with Gasteiger partial charge in [-0.1, -0.05) is 0 Å². The van der Waals surface area contributed by atoms with E-state index in [9.17, 15) is 0 Å². The van der Waals surface area contributed by atoms with Gasteiger partial charge in [0.15, 0.2) is 0 Å². The van der Waals surface area contributed by atoms with Crippen LogP contribution in [-0.2, 0) is 0 Å². The zero-order valence-corrected chi connectivity index (χ0v) is 7.90. The molecule has 0 unspecified atom stereocenters. The first-order chi connectivity index (χ1) is 0. The molecule has 0 aliphatic heterocycles. The molecule has 0 saturated carbocycles. The molecule has 0 amide bonds. The molecule has 0 aliphatic rings. The molecule has 7 heavy (non-hydrogen) atoms. The molecular weight excluding hydrogens is 239 g/mol. The maximum atomic E-state index is 0. The maximum Gasteiger partial charge on any atom is 2.00 e. The molecule has 0 atom stereocenters. The summed E-state index contributed by atoms with van der Waals surface area (Å²) in [6, 6.07) is 0. The van der Waals surface area contributed by atoms with Gasteiger partial charge < -0.3 is 31.3 Å². The third-order valence-corrected chi connectivity index (χ3v) is 0. The van der Waals surface area contributed by atoms with Crippen molar-refractivity contribution < 1.29 is 31.3 Å². The number of hydrogen-bond acceptors (Lipinski definition) is 0. The average molecular weight is 247 g/mol. The molecule has 4 nitrogen and oxygen atoms in total. The van der Waals surface area contributed by atoms with E-state index < -0.39 is 0 Å². The summed E-state index contributed by atoms with van der Waals surface area (Å²) in [5.74, 6) is 0. The van der Waals surface area contributed by atoms with Crippen LogP contribution in [0.2, 0.25) is 0 Å². The number of hydrogen-bond donors (Lipinski definition) is 0. The Bertz CT molecular complexity index is 9.65. The first kappa shape index (κ1) is 271. The second kappa shape index (κ2) is 177. The quantitative estimate of drug-likeness (QED) is 0.377. The zero-order valence-electron chi connectivity index (χ0n) is 3.46. The van der Waals surface area contributed by atoms with Gasteiger partial charge in [-0.2, -0.15) is 0 Å². The Hall–Kier alpha value is 1.27. The van der Waals surface area contributed by atoms with Crippen molar-refractivity contribution in [1.29, 1.82) is 0 Å². The van der Waals surface area contributed by atoms with Crippen LogP contribution in [0.1, 0.15) is 0 Å². The van der Waals surface area contributed by atoms with Crippen molar-refractivity contribution >= 4 is 48.9 Å². The van der Waals surface area contributed by atoms with Crippen LogP contribution >= 0.6 is 0 Å². The Kier molecular flexibility index (Phi) is 6840. The summed E-state index contributed by atoms with van der Waals surface area (Å²) in [5, 5.41) is 0. The van der Waals surface area contributed by atoms with Crippen molar-refractivity contribution in [2.24, 2.45) is 0 Å². The summed E-state index contributed by atoms with van der Waals surface area (Å²) in [7, 11) is 0. The molecule has 0 aliphatic carbocycles. The van der Waals surface area contributed by atoms with E-state index in [1.165, 1.54) is 0 Å². The van der Waals surface area contributed by atoms with Crippen molar-refractivity contribution in [2.45, 2.75) is 0 Å². The fourth-order valence-electron chi connectivity index (χ4n) is 0. The third-order valence-electron chi connectivity index (χ3n) is 0. The molecule has 0 bridgehead atoms. The molecule has 8 N–H and O–H groups in total. The SMILES string of the molecule is O.O.O.O.[Ba+2].[F-].[F-]. The average Bonchev–Trinajstić information content (AvgIpc) is 0. The molecule has 0 rings (SSSR count). The second-order valence-electron chi connectivity index (χ2n) is 0. The van der Waals surface area contributed by atoms with E-state index in [0.29, 0.717) is 0 Å². The van der Waals surface area contributed by atoms with Crippen LogP contribution in [-0.4, -0.2) is 70.8 Å². The summed E-state index contributed by atoms with van der Waals surface area (Å²) < 4.78 is 0. The minimum absolute atomic E-state index is 0. The topological polar surface area (TPSA) is 126 Å². The van der Waals surface area contributed by atoms with Crippen LogP contribution in [0.3, 0.4) is 0 Å². The van der Waals surface area contributed by atoms with Crippen LogP contribution < -0.4 is 9.41 Å². The van der Waals surface area contributed by atoms with E-state index in [-0.39, 0.29) is 80.2 Å². The summed E-state index contributed by atoms with van der Waals surface area (Å²) in [4.78, 5) is 0. The second-order valence-corrected chi connectivity index (χ2v) is 0. The Labute approximate surface area is 79.3 Å². The van der Waals surface area contributed by atoms with Gasteiger partial charge in [-0.15, -0.1) is 0 Å². The van der Waals surface area contributed by atoms with E-state index in [4.69, 9.17) is 0 Å². The first-order valence-corrected chi connectivity index (χ1v) is 0. The smallest absolute Gasteiger partial charge is 1.00 e. The molecule has 0 spiro atoms. The molecule has 0 aromatic heterocycles. The molecule has 0 aromatic rings. The van der Waals surface area contributed by atoms with Crippen LogP contribution in [0.15, 0.2) is 0 Å². The maximum absolute atomic E-state index is 0. The molecule has 0 fully saturated rings. The van der Waals surface area contributed by atoms with Gasteiger partial charge in [0.25, 0.3) is 0 Å². The monoisotopic (exact) mass is 248 g/mol. The number of halogens is 2. The van der Waals surface area contributed by atoms with E-state index in [1.807, 2.05) is 0 Å². The van der Waals surface area contributed by atoms with Crippen molar-refractivity contribution in [3.63, 3.8) is 0 Å².